The number of halogens is 1. The molecule has 142 valence electrons. The summed E-state index contributed by atoms with van der Waals surface area (Å²) in [5.41, 5.74) is 0.608. The van der Waals surface area contributed by atoms with Crippen molar-refractivity contribution in [3.05, 3.63) is 28.8 Å². The van der Waals surface area contributed by atoms with Gasteiger partial charge in [0.2, 0.25) is 5.91 Å². The number of nitrogens with one attached hydrogen (secondary N) is 3. The molecule has 0 atom stereocenters. The SMILES string of the molecule is CS(=O)(=O)C1(C(=O)Nc2ccc(Cl)c(C(=O)NC3CC3)c2)CCNCC1. The van der Waals surface area contributed by atoms with Crippen LogP contribution < -0.4 is 16.0 Å². The Morgan fingerprint density at radius 3 is 2.46 bits per heavy atom. The first-order valence-electron chi connectivity index (χ1n) is 8.55. The first-order chi connectivity index (χ1) is 12.2. The average molecular weight is 400 g/mol. The lowest BCUT2D eigenvalue weighted by atomic mass is 9.95. The summed E-state index contributed by atoms with van der Waals surface area (Å²) < 4.78 is 23.2. The second-order valence-electron chi connectivity index (χ2n) is 6.91. The predicted molar refractivity (Wildman–Crippen MR) is 100 cm³/mol. The summed E-state index contributed by atoms with van der Waals surface area (Å²) in [7, 11) is -3.61. The first kappa shape index (κ1) is 19.1. The van der Waals surface area contributed by atoms with Gasteiger partial charge in [-0.15, -0.1) is 0 Å². The number of piperidine rings is 1. The van der Waals surface area contributed by atoms with Crippen LogP contribution in [0.5, 0.6) is 0 Å². The Morgan fingerprint density at radius 2 is 1.88 bits per heavy atom. The Balaban J connectivity index is 1.83. The molecule has 0 spiro atoms. The molecule has 1 aliphatic carbocycles. The largest absolute Gasteiger partial charge is 0.349 e. The molecule has 1 aromatic rings. The van der Waals surface area contributed by atoms with Crippen molar-refractivity contribution in [2.24, 2.45) is 0 Å². The number of amides is 2. The number of benzene rings is 1. The van der Waals surface area contributed by atoms with Crippen molar-refractivity contribution in [1.29, 1.82) is 0 Å². The lowest BCUT2D eigenvalue weighted by Crippen LogP contribution is -2.55. The molecular formula is C17H22ClN3O4S. The maximum absolute atomic E-state index is 12.8. The molecule has 0 unspecified atom stereocenters. The van der Waals surface area contributed by atoms with Crippen LogP contribution >= 0.6 is 11.6 Å². The second-order valence-corrected chi connectivity index (χ2v) is 9.65. The normalized spacial score (nSPS) is 19.6. The third-order valence-electron chi connectivity index (χ3n) is 4.92. The monoisotopic (exact) mass is 399 g/mol. The summed E-state index contributed by atoms with van der Waals surface area (Å²) in [5, 5.41) is 8.86. The molecule has 9 heteroatoms. The van der Waals surface area contributed by atoms with Crippen LogP contribution in [0.4, 0.5) is 5.69 Å². The van der Waals surface area contributed by atoms with E-state index in [0.717, 1.165) is 19.1 Å². The van der Waals surface area contributed by atoms with Crippen molar-refractivity contribution >= 4 is 38.9 Å². The molecule has 0 aromatic heterocycles. The van der Waals surface area contributed by atoms with Gasteiger partial charge in [-0.1, -0.05) is 11.6 Å². The zero-order chi connectivity index (χ0) is 18.9. The van der Waals surface area contributed by atoms with Crippen LogP contribution in [0.1, 0.15) is 36.0 Å². The predicted octanol–water partition coefficient (Wildman–Crippen LogP) is 1.34. The molecule has 1 aliphatic heterocycles. The van der Waals surface area contributed by atoms with Crippen LogP contribution in [0.3, 0.4) is 0 Å². The van der Waals surface area contributed by atoms with Gasteiger partial charge in [0.05, 0.1) is 10.6 Å². The zero-order valence-corrected chi connectivity index (χ0v) is 16.0. The van der Waals surface area contributed by atoms with Crippen LogP contribution in [0.2, 0.25) is 5.02 Å². The smallest absolute Gasteiger partial charge is 0.253 e. The Kier molecular flexibility index (Phi) is 5.28. The molecule has 3 rings (SSSR count). The summed E-state index contributed by atoms with van der Waals surface area (Å²) in [6.45, 7) is 0.909. The van der Waals surface area contributed by atoms with Gasteiger partial charge in [-0.25, -0.2) is 8.42 Å². The number of carbonyl (C=O) groups excluding carboxylic acids is 2. The number of hydrogen-bond acceptors (Lipinski definition) is 5. The van der Waals surface area contributed by atoms with Crippen LogP contribution in [-0.4, -0.2) is 50.4 Å². The summed E-state index contributed by atoms with van der Waals surface area (Å²) >= 11 is 6.10. The van der Waals surface area contributed by atoms with E-state index in [9.17, 15) is 18.0 Å². The van der Waals surface area contributed by atoms with Crippen LogP contribution in [0.15, 0.2) is 18.2 Å². The van der Waals surface area contributed by atoms with Crippen molar-refractivity contribution < 1.29 is 18.0 Å². The van der Waals surface area contributed by atoms with Crippen molar-refractivity contribution in [2.75, 3.05) is 24.7 Å². The number of anilines is 1. The fourth-order valence-corrected chi connectivity index (χ4v) is 4.65. The third-order valence-corrected chi connectivity index (χ3v) is 7.26. The van der Waals surface area contributed by atoms with Crippen molar-refractivity contribution in [3.8, 4) is 0 Å². The highest BCUT2D eigenvalue weighted by Crippen LogP contribution is 2.30. The average Bonchev–Trinajstić information content (AvgIpc) is 3.40. The third kappa shape index (κ3) is 3.87. The first-order valence-corrected chi connectivity index (χ1v) is 10.8. The highest BCUT2D eigenvalue weighted by Gasteiger charge is 2.48. The Bertz CT molecular complexity index is 830. The van der Waals surface area contributed by atoms with E-state index in [1.165, 1.54) is 12.1 Å². The van der Waals surface area contributed by atoms with Crippen LogP contribution in [0, 0.1) is 0 Å². The molecular weight excluding hydrogens is 378 g/mol. The number of rotatable bonds is 5. The Morgan fingerprint density at radius 1 is 1.23 bits per heavy atom. The molecule has 26 heavy (non-hydrogen) atoms. The van der Waals surface area contributed by atoms with Gasteiger partial charge in [0.1, 0.15) is 0 Å². The quantitative estimate of drug-likeness (QED) is 0.693. The maximum atomic E-state index is 12.8. The summed E-state index contributed by atoms with van der Waals surface area (Å²) in [6.07, 6.45) is 3.41. The van der Waals surface area contributed by atoms with E-state index < -0.39 is 20.5 Å². The van der Waals surface area contributed by atoms with Gasteiger partial charge in [0, 0.05) is 18.0 Å². The van der Waals surface area contributed by atoms with Gasteiger partial charge >= 0.3 is 0 Å². The molecule has 1 saturated carbocycles. The molecule has 0 bridgehead atoms. The molecule has 1 heterocycles. The molecule has 0 radical (unpaired) electrons. The van der Waals surface area contributed by atoms with E-state index in [1.54, 1.807) is 6.07 Å². The van der Waals surface area contributed by atoms with Crippen molar-refractivity contribution in [1.82, 2.24) is 10.6 Å². The summed E-state index contributed by atoms with van der Waals surface area (Å²) in [6, 6.07) is 4.74. The van der Waals surface area contributed by atoms with E-state index in [1.807, 2.05) is 0 Å². The molecule has 2 amide bonds. The van der Waals surface area contributed by atoms with E-state index >= 15 is 0 Å². The van der Waals surface area contributed by atoms with E-state index in [0.29, 0.717) is 18.8 Å². The minimum absolute atomic E-state index is 0.181. The van der Waals surface area contributed by atoms with Gasteiger partial charge in [-0.3, -0.25) is 9.59 Å². The van der Waals surface area contributed by atoms with Gasteiger partial charge in [0.25, 0.3) is 5.91 Å². The summed E-state index contributed by atoms with van der Waals surface area (Å²) in [5.74, 6) is -0.870. The van der Waals surface area contributed by atoms with Crippen molar-refractivity contribution in [3.63, 3.8) is 0 Å². The Hall–Kier alpha value is -1.64. The fourth-order valence-electron chi connectivity index (χ4n) is 3.11. The maximum Gasteiger partial charge on any atom is 0.253 e. The molecule has 2 fully saturated rings. The molecule has 1 saturated heterocycles. The highest BCUT2D eigenvalue weighted by atomic mass is 35.5. The lowest BCUT2D eigenvalue weighted by molar-refractivity contribution is -0.119. The fraction of sp³-hybridized carbons (Fsp3) is 0.529. The second kappa shape index (κ2) is 7.17. The number of carbonyl (C=O) groups is 2. The topological polar surface area (TPSA) is 104 Å². The highest BCUT2D eigenvalue weighted by molar-refractivity contribution is 7.92. The van der Waals surface area contributed by atoms with Crippen LogP contribution in [0.25, 0.3) is 0 Å². The molecule has 3 N–H and O–H groups in total. The van der Waals surface area contributed by atoms with Gasteiger partial charge < -0.3 is 16.0 Å². The number of sulfone groups is 1. The number of hydrogen-bond donors (Lipinski definition) is 3. The standard InChI is InChI=1S/C17H22ClN3O4S/c1-26(24,25)17(6-8-19-9-7-17)16(23)21-12-4-5-14(18)13(10-12)15(22)20-11-2-3-11/h4-5,10-11,19H,2-3,6-9H2,1H3,(H,20,22)(H,21,23). The minimum Gasteiger partial charge on any atom is -0.349 e. The van der Waals surface area contributed by atoms with E-state index in [4.69, 9.17) is 11.6 Å². The van der Waals surface area contributed by atoms with Gasteiger partial charge in [-0.05, 0) is 57.0 Å². The van der Waals surface area contributed by atoms with Crippen LogP contribution in [-0.2, 0) is 14.6 Å². The molecule has 1 aromatic carbocycles. The van der Waals surface area contributed by atoms with Crippen molar-refractivity contribution in [2.45, 2.75) is 36.5 Å². The molecule has 7 nitrogen and oxygen atoms in total. The van der Waals surface area contributed by atoms with Gasteiger partial charge in [-0.2, -0.15) is 0 Å². The van der Waals surface area contributed by atoms with Gasteiger partial charge in [0.15, 0.2) is 14.6 Å². The summed E-state index contributed by atoms with van der Waals surface area (Å²) in [4.78, 5) is 25.1. The van der Waals surface area contributed by atoms with E-state index in [-0.39, 0.29) is 35.4 Å². The molecule has 2 aliphatic rings. The van der Waals surface area contributed by atoms with E-state index in [2.05, 4.69) is 16.0 Å². The lowest BCUT2D eigenvalue weighted by Gasteiger charge is -2.34. The Labute approximate surface area is 157 Å². The minimum atomic E-state index is -3.61. The zero-order valence-electron chi connectivity index (χ0n) is 14.5.